The van der Waals surface area contributed by atoms with Crippen molar-refractivity contribution in [2.24, 2.45) is 0 Å². The van der Waals surface area contributed by atoms with Crippen LogP contribution in [0, 0.1) is 0 Å². The van der Waals surface area contributed by atoms with Crippen LogP contribution in [-0.2, 0) is 0 Å². The lowest BCUT2D eigenvalue weighted by Crippen LogP contribution is -2.09. The maximum Gasteiger partial charge on any atom is 0.00983 e. The fraction of sp³-hybridized carbons (Fsp3) is 0.538. The summed E-state index contributed by atoms with van der Waals surface area (Å²) in [5.41, 5.74) is 5.50. The Kier molecular flexibility index (Phi) is 64.1. The molecule has 0 aliphatic heterocycles. The second-order valence-corrected chi connectivity index (χ2v) is 11.0. The molecule has 0 bridgehead atoms. The highest BCUT2D eigenvalue weighted by atomic mass is 14.3. The molecule has 0 aliphatic rings. The molecule has 0 aromatic heterocycles. The molecule has 0 heterocycles. The normalized spacial score (nSPS) is 8.50. The molecule has 0 atom stereocenters. The summed E-state index contributed by atoms with van der Waals surface area (Å²) in [7, 11) is 0. The van der Waals surface area contributed by atoms with Gasteiger partial charge in [0.15, 0.2) is 0 Å². The first-order chi connectivity index (χ1) is 25.1. The van der Waals surface area contributed by atoms with E-state index in [0.29, 0.717) is 11.8 Å². The van der Waals surface area contributed by atoms with Crippen molar-refractivity contribution in [1.82, 2.24) is 0 Å². The first kappa shape index (κ1) is 60.9. The molecule has 0 amide bonds. The first-order valence-electron chi connectivity index (χ1n) is 21.3. The summed E-state index contributed by atoms with van der Waals surface area (Å²) in [5.74, 6) is 0.718. The molecule has 0 nitrogen and oxygen atoms in total. The van der Waals surface area contributed by atoms with Crippen LogP contribution in [-0.4, -0.2) is 0 Å². The number of unbranched alkanes of at least 4 members (excludes halogenated alkanes) is 4. The van der Waals surface area contributed by atoms with E-state index in [-0.39, 0.29) is 7.43 Å². The Morgan fingerprint density at radius 3 is 0.519 bits per heavy atom. The van der Waals surface area contributed by atoms with E-state index in [9.17, 15) is 0 Å². The quantitative estimate of drug-likeness (QED) is 0.153. The van der Waals surface area contributed by atoms with Crippen LogP contribution in [0.4, 0.5) is 0 Å². The Morgan fingerprint density at radius 2 is 0.404 bits per heavy atom. The predicted octanol–water partition coefficient (Wildman–Crippen LogP) is 19.0. The Hall–Kier alpha value is -3.12. The molecule has 0 unspecified atom stereocenters. The molecule has 0 aliphatic carbocycles. The molecular formula is C52H92. The first-order valence-corrected chi connectivity index (χ1v) is 21.3. The minimum absolute atomic E-state index is 0. The molecular weight excluding hydrogens is 625 g/mol. The van der Waals surface area contributed by atoms with Crippen LogP contribution in [0.15, 0.2) is 121 Å². The third-order valence-corrected chi connectivity index (χ3v) is 7.28. The number of hydrogen-bond donors (Lipinski definition) is 0. The van der Waals surface area contributed by atoms with E-state index in [1.807, 2.05) is 55.4 Å². The van der Waals surface area contributed by atoms with Gasteiger partial charge in [-0.15, -0.1) is 0 Å². The SMILES string of the molecule is C.CC.CC.CC.CC.CCCC.CCCC.CCCC.CCCC.c1ccc(C(CC(c2ccccc2)c2ccccc2)c2ccccc2)cc1. The van der Waals surface area contributed by atoms with Gasteiger partial charge in [0.05, 0.1) is 0 Å². The van der Waals surface area contributed by atoms with Gasteiger partial charge in [0.1, 0.15) is 0 Å². The average molecular weight is 717 g/mol. The minimum atomic E-state index is 0. The predicted molar refractivity (Wildman–Crippen MR) is 249 cm³/mol. The monoisotopic (exact) mass is 717 g/mol. The minimum Gasteiger partial charge on any atom is -0.0776 e. The Labute approximate surface area is 330 Å². The zero-order valence-electron chi connectivity index (χ0n) is 37.1. The molecule has 0 spiro atoms. The molecule has 4 aromatic rings. The standard InChI is InChI=1S/C27H24.4C4H10.4C2H6.CH4/c1-5-13-22(14-6-1)26(23-15-7-2-8-16-23)21-27(24-17-9-3-10-18-24)25-19-11-4-12-20-25;4*1-3-4-2;4*1-2;/h1-20,26-27H,21H2;4*3-4H2,1-2H3;4*1-2H3;1H4. The van der Waals surface area contributed by atoms with Crippen LogP contribution in [0.1, 0.15) is 210 Å². The van der Waals surface area contributed by atoms with Crippen molar-refractivity contribution in [2.75, 3.05) is 0 Å². The Bertz CT molecular complexity index is 870. The summed E-state index contributed by atoms with van der Waals surface area (Å²) in [4.78, 5) is 0. The molecule has 0 saturated heterocycles. The second kappa shape index (κ2) is 54.7. The molecule has 4 aromatic carbocycles. The van der Waals surface area contributed by atoms with E-state index in [4.69, 9.17) is 0 Å². The lowest BCUT2D eigenvalue weighted by molar-refractivity contribution is 0.644. The van der Waals surface area contributed by atoms with Crippen LogP contribution >= 0.6 is 0 Å². The van der Waals surface area contributed by atoms with Gasteiger partial charge < -0.3 is 0 Å². The highest BCUT2D eigenvalue weighted by molar-refractivity contribution is 5.38. The zero-order valence-corrected chi connectivity index (χ0v) is 37.1. The average Bonchev–Trinajstić information content (AvgIpc) is 3.25. The Balaban J connectivity index is -0.000000176. The van der Waals surface area contributed by atoms with Gasteiger partial charge in [-0.2, -0.15) is 0 Å². The highest BCUT2D eigenvalue weighted by Crippen LogP contribution is 2.38. The smallest absolute Gasteiger partial charge is 0.00983 e. The van der Waals surface area contributed by atoms with Crippen molar-refractivity contribution in [3.05, 3.63) is 144 Å². The van der Waals surface area contributed by atoms with E-state index in [0.717, 1.165) is 6.42 Å². The van der Waals surface area contributed by atoms with E-state index in [1.54, 1.807) is 0 Å². The van der Waals surface area contributed by atoms with Gasteiger partial charge in [-0.3, -0.25) is 0 Å². The summed E-state index contributed by atoms with van der Waals surface area (Å²) >= 11 is 0. The third kappa shape index (κ3) is 35.3. The summed E-state index contributed by atoms with van der Waals surface area (Å²) in [6.07, 6.45) is 11.6. The lowest BCUT2D eigenvalue weighted by Gasteiger charge is -2.25. The fourth-order valence-electron chi connectivity index (χ4n) is 3.91. The van der Waals surface area contributed by atoms with E-state index < -0.39 is 0 Å². The molecule has 0 saturated carbocycles. The molecule has 0 N–H and O–H groups in total. The maximum absolute atomic E-state index is 2.25. The van der Waals surface area contributed by atoms with Gasteiger partial charge >= 0.3 is 0 Å². The maximum atomic E-state index is 2.25. The van der Waals surface area contributed by atoms with Crippen molar-refractivity contribution >= 4 is 0 Å². The molecule has 52 heavy (non-hydrogen) atoms. The molecule has 300 valence electrons. The van der Waals surface area contributed by atoms with Gasteiger partial charge in [-0.05, 0) is 28.7 Å². The van der Waals surface area contributed by atoms with E-state index in [1.165, 1.54) is 73.6 Å². The van der Waals surface area contributed by atoms with Gasteiger partial charge in [0.25, 0.3) is 0 Å². The van der Waals surface area contributed by atoms with Gasteiger partial charge in [0.2, 0.25) is 0 Å². The molecule has 0 fully saturated rings. The van der Waals surface area contributed by atoms with E-state index in [2.05, 4.69) is 177 Å². The van der Waals surface area contributed by atoms with Gasteiger partial charge in [-0.1, -0.05) is 291 Å². The fourth-order valence-corrected chi connectivity index (χ4v) is 3.91. The zero-order chi connectivity index (χ0) is 40.0. The van der Waals surface area contributed by atoms with Crippen LogP contribution in [0.25, 0.3) is 0 Å². The van der Waals surface area contributed by atoms with Crippen LogP contribution in [0.2, 0.25) is 0 Å². The third-order valence-electron chi connectivity index (χ3n) is 7.28. The lowest BCUT2D eigenvalue weighted by atomic mass is 9.78. The molecule has 0 heteroatoms. The van der Waals surface area contributed by atoms with Crippen molar-refractivity contribution in [2.45, 2.75) is 188 Å². The van der Waals surface area contributed by atoms with E-state index >= 15 is 0 Å². The summed E-state index contributed by atoms with van der Waals surface area (Å²) in [6.45, 7) is 33.4. The van der Waals surface area contributed by atoms with Gasteiger partial charge in [0, 0.05) is 11.8 Å². The van der Waals surface area contributed by atoms with Crippen molar-refractivity contribution in [3.63, 3.8) is 0 Å². The van der Waals surface area contributed by atoms with Gasteiger partial charge in [-0.25, -0.2) is 0 Å². The van der Waals surface area contributed by atoms with Crippen molar-refractivity contribution in [1.29, 1.82) is 0 Å². The van der Waals surface area contributed by atoms with Crippen LogP contribution in [0.3, 0.4) is 0 Å². The number of rotatable bonds is 10. The largest absolute Gasteiger partial charge is 0.0776 e. The number of benzene rings is 4. The number of hydrogen-bond acceptors (Lipinski definition) is 0. The summed E-state index contributed by atoms with van der Waals surface area (Å²) in [6, 6.07) is 43.6. The summed E-state index contributed by atoms with van der Waals surface area (Å²) < 4.78 is 0. The van der Waals surface area contributed by atoms with Crippen LogP contribution in [0.5, 0.6) is 0 Å². The topological polar surface area (TPSA) is 0 Å². The van der Waals surface area contributed by atoms with Crippen molar-refractivity contribution in [3.8, 4) is 0 Å². The highest BCUT2D eigenvalue weighted by Gasteiger charge is 2.22. The van der Waals surface area contributed by atoms with Crippen molar-refractivity contribution < 1.29 is 0 Å². The summed E-state index contributed by atoms with van der Waals surface area (Å²) in [5, 5.41) is 0. The van der Waals surface area contributed by atoms with Crippen LogP contribution < -0.4 is 0 Å². The second-order valence-electron chi connectivity index (χ2n) is 11.0. The molecule has 0 radical (unpaired) electrons. The Morgan fingerprint density at radius 1 is 0.269 bits per heavy atom. The molecule has 4 rings (SSSR count).